The highest BCUT2D eigenvalue weighted by Crippen LogP contribution is 2.37. The monoisotopic (exact) mass is 491 g/mol. The summed E-state index contributed by atoms with van der Waals surface area (Å²) < 4.78 is 5.78. The minimum Gasteiger partial charge on any atom is -0.457 e. The summed E-state index contributed by atoms with van der Waals surface area (Å²) in [5, 5.41) is 10.2. The first-order valence-electron chi connectivity index (χ1n) is 10.8. The van der Waals surface area contributed by atoms with Gasteiger partial charge in [-0.3, -0.25) is 9.59 Å². The lowest BCUT2D eigenvalue weighted by Crippen LogP contribution is -2.31. The second-order valence-electron chi connectivity index (χ2n) is 7.87. The zero-order valence-corrected chi connectivity index (χ0v) is 20.5. The molecule has 1 atom stereocenters. The number of benzene rings is 2. The Labute approximate surface area is 207 Å². The summed E-state index contributed by atoms with van der Waals surface area (Å²) >= 11 is 7.08. The molecule has 2 amide bonds. The molecule has 6 nitrogen and oxygen atoms in total. The molecule has 1 fully saturated rings. The maximum absolute atomic E-state index is 13.2. The van der Waals surface area contributed by atoms with Crippen LogP contribution in [0.4, 0.5) is 5.69 Å². The van der Waals surface area contributed by atoms with Gasteiger partial charge < -0.3 is 4.74 Å². The molecule has 8 heteroatoms. The van der Waals surface area contributed by atoms with Crippen LogP contribution in [0.2, 0.25) is 5.02 Å². The molecule has 0 saturated carbocycles. The van der Waals surface area contributed by atoms with Crippen molar-refractivity contribution in [3.63, 3.8) is 0 Å². The number of thioether (sulfide) groups is 1. The van der Waals surface area contributed by atoms with Gasteiger partial charge in [-0.25, -0.2) is 9.88 Å². The molecule has 3 aromatic rings. The molecule has 0 bridgehead atoms. The summed E-state index contributed by atoms with van der Waals surface area (Å²) in [5.41, 5.74) is 3.70. The Balaban J connectivity index is 1.52. The number of carbonyl (C=O) groups excluding carboxylic acids is 2. The molecular weight excluding hydrogens is 470 g/mol. The number of nitrogens with zero attached hydrogens (tertiary/aromatic N) is 3. The summed E-state index contributed by atoms with van der Waals surface area (Å²) in [5.74, 6) is 0.594. The van der Waals surface area contributed by atoms with Crippen molar-refractivity contribution in [3.05, 3.63) is 75.9 Å². The van der Waals surface area contributed by atoms with Crippen LogP contribution in [0.15, 0.2) is 53.6 Å². The molecule has 0 radical (unpaired) electrons. The molecule has 2 heterocycles. The maximum Gasteiger partial charge on any atom is 0.247 e. The highest BCUT2D eigenvalue weighted by atomic mass is 35.5. The lowest BCUT2D eigenvalue weighted by molar-refractivity contribution is -0.121. The number of anilines is 1. The second kappa shape index (κ2) is 9.88. The Kier molecular flexibility index (Phi) is 6.92. The number of ether oxygens (including phenoxy) is 1. The van der Waals surface area contributed by atoms with E-state index in [9.17, 15) is 14.9 Å². The first kappa shape index (κ1) is 23.8. The standard InChI is InChI=1S/C26H22ClN3O3S/c1-4-21-15(2)22(14-28)25(29-16(21)3)34-23-13-24(31)30(26(23)32)18-7-11-20(12-8-18)33-19-9-5-17(27)6-10-19/h5-12,23H,4,13H2,1-3H3. The van der Waals surface area contributed by atoms with Crippen molar-refractivity contribution >= 4 is 40.9 Å². The molecule has 1 aliphatic heterocycles. The predicted octanol–water partition coefficient (Wildman–Crippen LogP) is 6.00. The van der Waals surface area contributed by atoms with Crippen molar-refractivity contribution in [2.24, 2.45) is 0 Å². The van der Waals surface area contributed by atoms with Gasteiger partial charge in [0, 0.05) is 17.1 Å². The molecule has 0 aliphatic carbocycles. The number of amides is 2. The van der Waals surface area contributed by atoms with Gasteiger partial charge in [0.05, 0.1) is 16.5 Å². The summed E-state index contributed by atoms with van der Waals surface area (Å²) in [6, 6.07) is 16.0. The topological polar surface area (TPSA) is 83.3 Å². The van der Waals surface area contributed by atoms with Crippen LogP contribution in [0, 0.1) is 25.2 Å². The van der Waals surface area contributed by atoms with Crippen molar-refractivity contribution in [1.29, 1.82) is 5.26 Å². The van der Waals surface area contributed by atoms with E-state index in [0.29, 0.717) is 32.8 Å². The van der Waals surface area contributed by atoms with Crippen LogP contribution in [0.1, 0.15) is 35.7 Å². The van der Waals surface area contributed by atoms with Gasteiger partial charge in [-0.1, -0.05) is 30.3 Å². The summed E-state index contributed by atoms with van der Waals surface area (Å²) in [6.07, 6.45) is 0.823. The Hall–Kier alpha value is -3.34. The summed E-state index contributed by atoms with van der Waals surface area (Å²) in [4.78, 5) is 31.7. The van der Waals surface area contributed by atoms with E-state index in [-0.39, 0.29) is 18.2 Å². The van der Waals surface area contributed by atoms with E-state index < -0.39 is 5.25 Å². The fourth-order valence-electron chi connectivity index (χ4n) is 4.00. The van der Waals surface area contributed by atoms with Crippen molar-refractivity contribution in [1.82, 2.24) is 4.98 Å². The largest absolute Gasteiger partial charge is 0.457 e. The van der Waals surface area contributed by atoms with E-state index in [1.165, 1.54) is 16.7 Å². The van der Waals surface area contributed by atoms with Gasteiger partial charge >= 0.3 is 0 Å². The SMILES string of the molecule is CCc1c(C)nc(SC2CC(=O)N(c3ccc(Oc4ccc(Cl)cc4)cc3)C2=O)c(C#N)c1C. The first-order valence-corrected chi connectivity index (χ1v) is 12.0. The zero-order chi connectivity index (χ0) is 24.4. The molecule has 34 heavy (non-hydrogen) atoms. The molecule has 1 unspecified atom stereocenters. The molecule has 1 aliphatic rings. The number of pyridine rings is 1. The molecule has 4 rings (SSSR count). The molecule has 1 saturated heterocycles. The van der Waals surface area contributed by atoms with Gasteiger partial charge in [0.25, 0.3) is 0 Å². The molecule has 172 valence electrons. The number of imide groups is 1. The average molecular weight is 492 g/mol. The number of hydrogen-bond acceptors (Lipinski definition) is 6. The lowest BCUT2D eigenvalue weighted by atomic mass is 10.0. The highest BCUT2D eigenvalue weighted by molar-refractivity contribution is 8.00. The van der Waals surface area contributed by atoms with Crippen molar-refractivity contribution < 1.29 is 14.3 Å². The van der Waals surface area contributed by atoms with E-state index in [1.54, 1.807) is 48.5 Å². The fourth-order valence-corrected chi connectivity index (χ4v) is 5.33. The van der Waals surface area contributed by atoms with Crippen LogP contribution in [0.25, 0.3) is 0 Å². The third kappa shape index (κ3) is 4.65. The number of rotatable bonds is 6. The Morgan fingerprint density at radius 2 is 1.74 bits per heavy atom. The van der Waals surface area contributed by atoms with E-state index in [0.717, 1.165) is 23.2 Å². The van der Waals surface area contributed by atoms with Crippen LogP contribution < -0.4 is 9.64 Å². The number of carbonyl (C=O) groups is 2. The molecular formula is C26H22ClN3O3S. The number of hydrogen-bond donors (Lipinski definition) is 0. The van der Waals surface area contributed by atoms with E-state index >= 15 is 0 Å². The van der Waals surface area contributed by atoms with Gasteiger partial charge in [-0.05, 0) is 79.9 Å². The molecule has 2 aromatic carbocycles. The van der Waals surface area contributed by atoms with Crippen molar-refractivity contribution in [3.8, 4) is 17.6 Å². The number of aryl methyl sites for hydroxylation is 1. The Morgan fingerprint density at radius 1 is 1.12 bits per heavy atom. The third-order valence-electron chi connectivity index (χ3n) is 5.72. The van der Waals surface area contributed by atoms with Crippen LogP contribution in [0.3, 0.4) is 0 Å². The van der Waals surface area contributed by atoms with Gasteiger partial charge in [0.2, 0.25) is 11.8 Å². The van der Waals surface area contributed by atoms with Crippen molar-refractivity contribution in [2.45, 2.75) is 43.9 Å². The minimum atomic E-state index is -0.636. The first-order chi connectivity index (χ1) is 16.3. The van der Waals surface area contributed by atoms with Gasteiger partial charge in [-0.15, -0.1) is 0 Å². The Bertz CT molecular complexity index is 1300. The van der Waals surface area contributed by atoms with E-state index in [2.05, 4.69) is 11.1 Å². The third-order valence-corrected chi connectivity index (χ3v) is 7.14. The summed E-state index contributed by atoms with van der Waals surface area (Å²) in [7, 11) is 0. The highest BCUT2D eigenvalue weighted by Gasteiger charge is 2.41. The van der Waals surface area contributed by atoms with Crippen molar-refractivity contribution in [2.75, 3.05) is 4.90 Å². The number of nitriles is 1. The minimum absolute atomic E-state index is 0.0483. The number of aromatic nitrogens is 1. The van der Waals surface area contributed by atoms with Gasteiger partial charge in [-0.2, -0.15) is 5.26 Å². The smallest absolute Gasteiger partial charge is 0.247 e. The predicted molar refractivity (Wildman–Crippen MR) is 133 cm³/mol. The van der Waals surface area contributed by atoms with Gasteiger partial charge in [0.1, 0.15) is 22.6 Å². The fraction of sp³-hybridized carbons (Fsp3) is 0.231. The second-order valence-corrected chi connectivity index (χ2v) is 9.50. The number of halogens is 1. The molecule has 0 N–H and O–H groups in total. The van der Waals surface area contributed by atoms with E-state index in [4.69, 9.17) is 16.3 Å². The van der Waals surface area contributed by atoms with Crippen LogP contribution in [0.5, 0.6) is 11.5 Å². The average Bonchev–Trinajstić information content (AvgIpc) is 3.09. The van der Waals surface area contributed by atoms with Crippen LogP contribution in [-0.2, 0) is 16.0 Å². The van der Waals surface area contributed by atoms with Crippen LogP contribution in [-0.4, -0.2) is 22.0 Å². The zero-order valence-electron chi connectivity index (χ0n) is 19.0. The summed E-state index contributed by atoms with van der Waals surface area (Å²) in [6.45, 7) is 5.82. The Morgan fingerprint density at radius 3 is 2.32 bits per heavy atom. The van der Waals surface area contributed by atoms with Crippen LogP contribution >= 0.6 is 23.4 Å². The van der Waals surface area contributed by atoms with E-state index in [1.807, 2.05) is 20.8 Å². The lowest BCUT2D eigenvalue weighted by Gasteiger charge is -2.17. The quantitative estimate of drug-likeness (QED) is 0.393. The maximum atomic E-state index is 13.2. The molecule has 1 aromatic heterocycles. The molecule has 0 spiro atoms. The van der Waals surface area contributed by atoms with Gasteiger partial charge in [0.15, 0.2) is 0 Å². The normalized spacial score (nSPS) is 15.5.